The van der Waals surface area contributed by atoms with E-state index in [1.54, 1.807) is 29.9 Å². The van der Waals surface area contributed by atoms with E-state index in [2.05, 4.69) is 20.3 Å². The van der Waals surface area contributed by atoms with Crippen molar-refractivity contribution < 1.29 is 0 Å². The Labute approximate surface area is 180 Å². The van der Waals surface area contributed by atoms with E-state index in [4.69, 9.17) is 11.6 Å². The van der Waals surface area contributed by atoms with Gasteiger partial charge in [0.05, 0.1) is 4.90 Å². The zero-order valence-corrected chi connectivity index (χ0v) is 17.5. The molecule has 0 aliphatic carbocycles. The lowest BCUT2D eigenvalue weighted by atomic mass is 10.2. The van der Waals surface area contributed by atoms with Crippen LogP contribution in [0, 0.1) is 0 Å². The fourth-order valence-corrected chi connectivity index (χ4v) is 4.30. The summed E-state index contributed by atoms with van der Waals surface area (Å²) in [6, 6.07) is 17.2. The summed E-state index contributed by atoms with van der Waals surface area (Å²) in [7, 11) is 1.72. The minimum absolute atomic E-state index is 0.110. The van der Waals surface area contributed by atoms with Crippen molar-refractivity contribution in [1.82, 2.24) is 19.5 Å². The van der Waals surface area contributed by atoms with Crippen molar-refractivity contribution in [1.29, 1.82) is 0 Å². The van der Waals surface area contributed by atoms with Gasteiger partial charge in [-0.2, -0.15) is 4.98 Å². The first-order valence-corrected chi connectivity index (χ1v) is 10.4. The standard InChI is InChI=1S/C22H16ClN5OS/c1-28-20-14(11-19(21(28)29)30-17-5-2-15(23)3-6-17)12-25-22(27-20)26-16-4-7-18-13(10-16)8-9-24-18/h2-12,24H,1H3,(H,25,26,27). The number of aryl methyl sites for hydroxylation is 1. The fraction of sp³-hybridized carbons (Fsp3) is 0.0455. The van der Waals surface area contributed by atoms with Crippen molar-refractivity contribution in [2.45, 2.75) is 9.79 Å². The minimum Gasteiger partial charge on any atom is -0.361 e. The number of halogens is 1. The van der Waals surface area contributed by atoms with Gasteiger partial charge in [-0.25, -0.2) is 4.98 Å². The summed E-state index contributed by atoms with van der Waals surface area (Å²) < 4.78 is 1.55. The van der Waals surface area contributed by atoms with Crippen LogP contribution in [-0.2, 0) is 7.05 Å². The first-order chi connectivity index (χ1) is 14.6. The van der Waals surface area contributed by atoms with E-state index in [1.165, 1.54) is 11.8 Å². The topological polar surface area (TPSA) is 75.6 Å². The molecule has 0 spiro atoms. The van der Waals surface area contributed by atoms with Gasteiger partial charge in [0.2, 0.25) is 5.95 Å². The number of anilines is 2. The number of benzene rings is 2. The van der Waals surface area contributed by atoms with Crippen LogP contribution >= 0.6 is 23.4 Å². The molecule has 5 aromatic rings. The molecule has 0 fully saturated rings. The van der Waals surface area contributed by atoms with E-state index in [0.29, 0.717) is 21.5 Å². The molecule has 6 nitrogen and oxygen atoms in total. The minimum atomic E-state index is -0.110. The molecule has 0 aliphatic rings. The number of hydrogen-bond donors (Lipinski definition) is 2. The fourth-order valence-electron chi connectivity index (χ4n) is 3.24. The van der Waals surface area contributed by atoms with E-state index in [-0.39, 0.29) is 5.56 Å². The van der Waals surface area contributed by atoms with E-state index in [0.717, 1.165) is 26.9 Å². The highest BCUT2D eigenvalue weighted by molar-refractivity contribution is 7.99. The molecule has 5 rings (SSSR count). The molecule has 2 aromatic carbocycles. The Morgan fingerprint density at radius 2 is 1.90 bits per heavy atom. The predicted octanol–water partition coefficient (Wildman–Crippen LogP) is 5.36. The average molecular weight is 434 g/mol. The number of fused-ring (bicyclic) bond motifs is 2. The number of rotatable bonds is 4. The zero-order valence-electron chi connectivity index (χ0n) is 15.9. The van der Waals surface area contributed by atoms with E-state index >= 15 is 0 Å². The van der Waals surface area contributed by atoms with Crippen molar-refractivity contribution in [2.75, 3.05) is 5.32 Å². The number of nitrogens with zero attached hydrogens (tertiary/aromatic N) is 3. The van der Waals surface area contributed by atoms with Crippen LogP contribution < -0.4 is 10.9 Å². The van der Waals surface area contributed by atoms with Crippen molar-refractivity contribution in [2.24, 2.45) is 7.05 Å². The van der Waals surface area contributed by atoms with Gasteiger partial charge < -0.3 is 10.3 Å². The van der Waals surface area contributed by atoms with E-state index < -0.39 is 0 Å². The highest BCUT2D eigenvalue weighted by atomic mass is 35.5. The molecule has 0 radical (unpaired) electrons. The molecule has 3 aromatic heterocycles. The van der Waals surface area contributed by atoms with Crippen LogP contribution in [0.3, 0.4) is 0 Å². The largest absolute Gasteiger partial charge is 0.361 e. The third-order valence-electron chi connectivity index (χ3n) is 4.77. The van der Waals surface area contributed by atoms with Crippen LogP contribution in [0.5, 0.6) is 0 Å². The van der Waals surface area contributed by atoms with Gasteiger partial charge in [-0.1, -0.05) is 23.4 Å². The molecule has 148 valence electrons. The first-order valence-electron chi connectivity index (χ1n) is 9.21. The summed E-state index contributed by atoms with van der Waals surface area (Å²) in [4.78, 5) is 26.6. The molecular weight excluding hydrogens is 418 g/mol. The average Bonchev–Trinajstić information content (AvgIpc) is 3.22. The molecule has 0 atom stereocenters. The normalized spacial score (nSPS) is 11.3. The van der Waals surface area contributed by atoms with E-state index in [9.17, 15) is 4.79 Å². The second-order valence-electron chi connectivity index (χ2n) is 6.81. The van der Waals surface area contributed by atoms with E-state index in [1.807, 2.05) is 48.7 Å². The summed E-state index contributed by atoms with van der Waals surface area (Å²) >= 11 is 7.34. The lowest BCUT2D eigenvalue weighted by Gasteiger charge is -2.10. The number of pyridine rings is 1. The molecule has 0 amide bonds. The number of H-pyrrole nitrogens is 1. The molecule has 0 saturated heterocycles. The second kappa shape index (κ2) is 7.51. The van der Waals surface area contributed by atoms with Crippen molar-refractivity contribution in [3.05, 3.63) is 82.4 Å². The first kappa shape index (κ1) is 18.7. The van der Waals surface area contributed by atoms with Crippen LogP contribution in [0.15, 0.2) is 81.6 Å². The molecule has 0 aliphatic heterocycles. The summed E-state index contributed by atoms with van der Waals surface area (Å²) in [5.41, 5.74) is 2.40. The maximum atomic E-state index is 12.9. The van der Waals surface area contributed by atoms with Gasteiger partial charge >= 0.3 is 0 Å². The van der Waals surface area contributed by atoms with Gasteiger partial charge in [-0.05, 0) is 54.6 Å². The maximum Gasteiger partial charge on any atom is 0.265 e. The summed E-state index contributed by atoms with van der Waals surface area (Å²) in [6.45, 7) is 0. The van der Waals surface area contributed by atoms with Crippen molar-refractivity contribution in [3.63, 3.8) is 0 Å². The van der Waals surface area contributed by atoms with Gasteiger partial charge in [0.25, 0.3) is 5.56 Å². The monoisotopic (exact) mass is 433 g/mol. The molecule has 0 unspecified atom stereocenters. The van der Waals surface area contributed by atoms with Gasteiger partial charge in [0.15, 0.2) is 0 Å². The molecule has 30 heavy (non-hydrogen) atoms. The molecule has 8 heteroatoms. The Kier molecular flexibility index (Phi) is 4.69. The Balaban J connectivity index is 1.49. The number of aromatic amines is 1. The quantitative estimate of drug-likeness (QED) is 0.399. The van der Waals surface area contributed by atoms with Crippen LogP contribution in [0.2, 0.25) is 5.02 Å². The SMILES string of the molecule is Cn1c(=O)c(Sc2ccc(Cl)cc2)cc2cnc(Nc3ccc4[nH]ccc4c3)nc21. The lowest BCUT2D eigenvalue weighted by Crippen LogP contribution is -2.19. The predicted molar refractivity (Wildman–Crippen MR) is 122 cm³/mol. The molecular formula is C22H16ClN5OS. The van der Waals surface area contributed by atoms with Crippen molar-refractivity contribution >= 4 is 56.9 Å². The van der Waals surface area contributed by atoms with Crippen LogP contribution in [0.25, 0.3) is 21.9 Å². The van der Waals surface area contributed by atoms with Crippen LogP contribution in [-0.4, -0.2) is 19.5 Å². The maximum absolute atomic E-state index is 12.9. The highest BCUT2D eigenvalue weighted by Gasteiger charge is 2.11. The third kappa shape index (κ3) is 3.53. The molecule has 2 N–H and O–H groups in total. The molecule has 3 heterocycles. The Hall–Kier alpha value is -3.29. The van der Waals surface area contributed by atoms with Gasteiger partial charge in [-0.15, -0.1) is 0 Å². The third-order valence-corrected chi connectivity index (χ3v) is 6.04. The number of aromatic nitrogens is 4. The zero-order chi connectivity index (χ0) is 20.7. The summed E-state index contributed by atoms with van der Waals surface area (Å²) in [5.74, 6) is 0.436. The Morgan fingerprint density at radius 1 is 1.07 bits per heavy atom. The van der Waals surface area contributed by atoms with Gasteiger partial charge in [-0.3, -0.25) is 9.36 Å². The molecule has 0 saturated carbocycles. The van der Waals surface area contributed by atoms with Gasteiger partial charge in [0.1, 0.15) is 5.65 Å². The molecule has 0 bridgehead atoms. The second-order valence-corrected chi connectivity index (χ2v) is 8.36. The van der Waals surface area contributed by atoms with Crippen molar-refractivity contribution in [3.8, 4) is 0 Å². The lowest BCUT2D eigenvalue weighted by molar-refractivity contribution is 0.857. The smallest absolute Gasteiger partial charge is 0.265 e. The Bertz CT molecular complexity index is 1440. The summed E-state index contributed by atoms with van der Waals surface area (Å²) in [5, 5.41) is 5.76. The number of nitrogens with one attached hydrogen (secondary N) is 2. The Morgan fingerprint density at radius 3 is 2.73 bits per heavy atom. The van der Waals surface area contributed by atoms with Gasteiger partial charge in [0, 0.05) is 51.3 Å². The number of hydrogen-bond acceptors (Lipinski definition) is 5. The van der Waals surface area contributed by atoms with Crippen LogP contribution in [0.4, 0.5) is 11.6 Å². The summed E-state index contributed by atoms with van der Waals surface area (Å²) in [6.07, 6.45) is 3.63. The van der Waals surface area contributed by atoms with Crippen LogP contribution in [0.1, 0.15) is 0 Å². The highest BCUT2D eigenvalue weighted by Crippen LogP contribution is 2.28.